The van der Waals surface area contributed by atoms with Crippen LogP contribution < -0.4 is 0 Å². The van der Waals surface area contributed by atoms with Gasteiger partial charge < -0.3 is 40.1 Å². The third kappa shape index (κ3) is 4.01. The second-order valence-corrected chi connectivity index (χ2v) is 12.9. The lowest BCUT2D eigenvalue weighted by atomic mass is 9.44. The van der Waals surface area contributed by atoms with Gasteiger partial charge in [-0.25, -0.2) is 4.79 Å². The van der Waals surface area contributed by atoms with Gasteiger partial charge in [-0.15, -0.1) is 0 Å². The first kappa shape index (κ1) is 27.4. The van der Waals surface area contributed by atoms with Gasteiger partial charge in [0.15, 0.2) is 18.2 Å². The lowest BCUT2D eigenvalue weighted by Crippen LogP contribution is -2.61. The zero-order valence-corrected chi connectivity index (χ0v) is 21.7. The molecule has 1 heterocycles. The fraction of sp³-hybridized carbons (Fsp3) is 0.926. The molecular formula is C27H42O10. The molecule has 0 aromatic carbocycles. The second-order valence-electron chi connectivity index (χ2n) is 12.9. The summed E-state index contributed by atoms with van der Waals surface area (Å²) in [6.45, 7) is 3.76. The molecule has 10 heteroatoms. The van der Waals surface area contributed by atoms with Gasteiger partial charge in [0.25, 0.3) is 0 Å². The lowest BCUT2D eigenvalue weighted by molar-refractivity contribution is -0.309. The number of carbonyl (C=O) groups excluding carboxylic acids is 1. The van der Waals surface area contributed by atoms with Crippen LogP contribution in [0.5, 0.6) is 0 Å². The molecule has 1 unspecified atom stereocenters. The van der Waals surface area contributed by atoms with E-state index in [0.29, 0.717) is 30.6 Å². The molecule has 0 aromatic rings. The number of carboxylic acid groups (broad SMARTS) is 1. The Morgan fingerprint density at radius 1 is 0.919 bits per heavy atom. The van der Waals surface area contributed by atoms with Gasteiger partial charge in [0.05, 0.1) is 6.10 Å². The molecule has 0 bridgehead atoms. The smallest absolute Gasteiger partial charge is 0.335 e. The Labute approximate surface area is 217 Å². The van der Waals surface area contributed by atoms with Gasteiger partial charge in [0.1, 0.15) is 30.5 Å². The van der Waals surface area contributed by atoms with Crippen molar-refractivity contribution >= 4 is 11.8 Å². The van der Waals surface area contributed by atoms with Crippen LogP contribution in [0.3, 0.4) is 0 Å². The zero-order chi connectivity index (χ0) is 26.9. The van der Waals surface area contributed by atoms with E-state index in [0.717, 1.165) is 44.9 Å². The van der Waals surface area contributed by atoms with E-state index in [4.69, 9.17) is 9.47 Å². The van der Waals surface area contributed by atoms with Crippen molar-refractivity contribution in [3.8, 4) is 0 Å². The minimum Gasteiger partial charge on any atom is -0.479 e. The van der Waals surface area contributed by atoms with Crippen LogP contribution in [0.25, 0.3) is 0 Å². The zero-order valence-electron chi connectivity index (χ0n) is 21.7. The number of carboxylic acids is 1. The normalized spacial score (nSPS) is 53.6. The highest BCUT2D eigenvalue weighted by atomic mass is 16.7. The van der Waals surface area contributed by atoms with Gasteiger partial charge in [0, 0.05) is 5.41 Å². The van der Waals surface area contributed by atoms with Gasteiger partial charge in [-0.3, -0.25) is 4.79 Å². The number of ketones is 1. The van der Waals surface area contributed by atoms with Crippen molar-refractivity contribution in [1.29, 1.82) is 0 Å². The Bertz CT molecular complexity index is 912. The van der Waals surface area contributed by atoms with E-state index >= 15 is 0 Å². The molecule has 5 rings (SSSR count). The van der Waals surface area contributed by atoms with Crippen LogP contribution in [-0.4, -0.2) is 91.4 Å². The van der Waals surface area contributed by atoms with Crippen molar-refractivity contribution in [2.45, 2.75) is 114 Å². The number of Topliss-reactive ketones (excluding diaryl/α,β-unsaturated/α-hetero) is 1. The topological polar surface area (TPSA) is 174 Å². The van der Waals surface area contributed by atoms with Gasteiger partial charge in [-0.1, -0.05) is 13.8 Å². The summed E-state index contributed by atoms with van der Waals surface area (Å²) in [7, 11) is 0. The van der Waals surface area contributed by atoms with E-state index in [9.17, 15) is 40.2 Å². The molecule has 4 saturated carbocycles. The maximum absolute atomic E-state index is 12.6. The molecule has 0 amide bonds. The first-order valence-electron chi connectivity index (χ1n) is 13.8. The summed E-state index contributed by atoms with van der Waals surface area (Å²) >= 11 is 0. The molecule has 13 atom stereocenters. The molecule has 5 aliphatic rings. The Balaban J connectivity index is 1.27. The summed E-state index contributed by atoms with van der Waals surface area (Å²) in [6, 6.07) is 0. The van der Waals surface area contributed by atoms with Crippen molar-refractivity contribution in [2.24, 2.45) is 34.5 Å². The Kier molecular flexibility index (Phi) is 7.04. The van der Waals surface area contributed by atoms with E-state index in [1.54, 1.807) is 0 Å². The van der Waals surface area contributed by atoms with Crippen LogP contribution >= 0.6 is 0 Å². The number of aliphatic hydroxyl groups is 5. The molecule has 37 heavy (non-hydrogen) atoms. The van der Waals surface area contributed by atoms with Crippen molar-refractivity contribution < 1.29 is 49.7 Å². The number of fused-ring (bicyclic) bond motifs is 5. The monoisotopic (exact) mass is 526 g/mol. The summed E-state index contributed by atoms with van der Waals surface area (Å²) in [5.41, 5.74) is -1.90. The average Bonchev–Trinajstić information content (AvgIpc) is 3.15. The number of ether oxygens (including phenoxy) is 2. The van der Waals surface area contributed by atoms with Crippen LogP contribution in [0, 0.1) is 34.5 Å². The Morgan fingerprint density at radius 3 is 2.30 bits per heavy atom. The molecule has 0 aromatic heterocycles. The number of aliphatic carboxylic acids is 1. The molecule has 0 spiro atoms. The van der Waals surface area contributed by atoms with Crippen molar-refractivity contribution in [3.05, 3.63) is 0 Å². The summed E-state index contributed by atoms with van der Waals surface area (Å²) in [5.74, 6) is -0.405. The minimum absolute atomic E-state index is 0.0666. The van der Waals surface area contributed by atoms with Crippen LogP contribution in [0.1, 0.15) is 71.6 Å². The van der Waals surface area contributed by atoms with Crippen molar-refractivity contribution in [3.63, 3.8) is 0 Å². The third-order valence-corrected chi connectivity index (χ3v) is 11.5. The summed E-state index contributed by atoms with van der Waals surface area (Å²) < 4.78 is 11.4. The number of rotatable bonds is 5. The van der Waals surface area contributed by atoms with Gasteiger partial charge >= 0.3 is 5.97 Å². The van der Waals surface area contributed by atoms with Gasteiger partial charge in [0.2, 0.25) is 0 Å². The van der Waals surface area contributed by atoms with Gasteiger partial charge in [-0.05, 0) is 86.9 Å². The minimum atomic E-state index is -1.74. The molecule has 1 saturated heterocycles. The van der Waals surface area contributed by atoms with E-state index in [1.807, 2.05) is 6.92 Å². The van der Waals surface area contributed by atoms with E-state index in [-0.39, 0.29) is 17.4 Å². The summed E-state index contributed by atoms with van der Waals surface area (Å²) in [4.78, 5) is 24.0. The number of hydrogen-bond donors (Lipinski definition) is 6. The fourth-order valence-electron chi connectivity index (χ4n) is 9.30. The SMILES string of the molecule is C[C@]12CCC3[C@@H](CC[C@@H]4C[C@H](O[C@@H]5O[C@H](C(=O)O)[C@@H](O)[C@H](O)[C@H]5O)CC[C@]34C)[C@@H]1CC[C@]2(O)C(=O)CO. The molecule has 210 valence electrons. The first-order chi connectivity index (χ1) is 17.4. The van der Waals surface area contributed by atoms with Gasteiger partial charge in [-0.2, -0.15) is 0 Å². The highest BCUT2D eigenvalue weighted by Gasteiger charge is 2.66. The Hall–Kier alpha value is -1.14. The third-order valence-electron chi connectivity index (χ3n) is 11.5. The van der Waals surface area contributed by atoms with E-state index < -0.39 is 60.1 Å². The molecule has 1 aliphatic heterocycles. The molecule has 6 N–H and O–H groups in total. The number of aliphatic hydroxyl groups excluding tert-OH is 4. The largest absolute Gasteiger partial charge is 0.479 e. The first-order valence-corrected chi connectivity index (χ1v) is 13.8. The maximum Gasteiger partial charge on any atom is 0.335 e. The fourth-order valence-corrected chi connectivity index (χ4v) is 9.30. The van der Waals surface area contributed by atoms with Crippen LogP contribution in [0.15, 0.2) is 0 Å². The summed E-state index contributed by atoms with van der Waals surface area (Å²) in [5, 5.41) is 60.7. The lowest BCUT2D eigenvalue weighted by Gasteiger charge is -2.61. The highest BCUT2D eigenvalue weighted by molar-refractivity contribution is 5.89. The quantitative estimate of drug-likeness (QED) is 0.278. The molecular weight excluding hydrogens is 484 g/mol. The average molecular weight is 527 g/mol. The van der Waals surface area contributed by atoms with Crippen LogP contribution in [-0.2, 0) is 19.1 Å². The van der Waals surface area contributed by atoms with Crippen LogP contribution in [0.2, 0.25) is 0 Å². The number of carbonyl (C=O) groups is 2. The van der Waals surface area contributed by atoms with Crippen LogP contribution in [0.4, 0.5) is 0 Å². The molecule has 5 fully saturated rings. The van der Waals surface area contributed by atoms with Crippen molar-refractivity contribution in [2.75, 3.05) is 6.61 Å². The second kappa shape index (κ2) is 9.50. The molecule has 10 nitrogen and oxygen atoms in total. The molecule has 4 aliphatic carbocycles. The molecule has 0 radical (unpaired) electrons. The summed E-state index contributed by atoms with van der Waals surface area (Å²) in [6.07, 6.45) is -1.06. The maximum atomic E-state index is 12.6. The predicted molar refractivity (Wildman–Crippen MR) is 128 cm³/mol. The predicted octanol–water partition coefficient (Wildman–Crippen LogP) is 0.599. The Morgan fingerprint density at radius 2 is 1.62 bits per heavy atom. The standard InChI is InChI=1S/C27H42O10/c1-25-8-5-14(36-24-21(32)19(30)20(31)22(37-24)23(33)34)11-13(25)3-4-15-16(25)6-9-26(2)17(15)7-10-27(26,35)18(29)12-28/h13-17,19-22,24,28,30-32,35H,3-12H2,1-2H3,(H,33,34)/t13-,14-,15-,16?,17+,19+,20+,21-,22+,24-,25+,26+,27+/m1/s1. The van der Waals surface area contributed by atoms with Crippen molar-refractivity contribution in [1.82, 2.24) is 0 Å². The van der Waals surface area contributed by atoms with E-state index in [1.165, 1.54) is 0 Å². The van der Waals surface area contributed by atoms with E-state index in [2.05, 4.69) is 6.92 Å². The number of hydrogen-bond acceptors (Lipinski definition) is 9. The highest BCUT2D eigenvalue weighted by Crippen LogP contribution is 2.68.